The van der Waals surface area contributed by atoms with Gasteiger partial charge >= 0.3 is 0 Å². The Bertz CT molecular complexity index is 1140. The average molecular weight is 498 g/mol. The van der Waals surface area contributed by atoms with Gasteiger partial charge in [0.2, 0.25) is 0 Å². The van der Waals surface area contributed by atoms with Crippen LogP contribution in [0.4, 0.5) is 0 Å². The highest BCUT2D eigenvalue weighted by molar-refractivity contribution is 6.46. The number of nitrogens with zero attached hydrogens (tertiary/aromatic N) is 1. The predicted octanol–water partition coefficient (Wildman–Crippen LogP) is 4.59. The second-order valence-corrected chi connectivity index (χ2v) is 9.18. The molecule has 0 aliphatic carbocycles. The van der Waals surface area contributed by atoms with Crippen LogP contribution in [-0.2, 0) is 14.3 Å². The van der Waals surface area contributed by atoms with Gasteiger partial charge in [-0.05, 0) is 67.6 Å². The number of aromatic hydroxyl groups is 1. The number of hydrogen-bond acceptors (Lipinski definition) is 7. The third kappa shape index (κ3) is 5.82. The van der Waals surface area contributed by atoms with E-state index in [2.05, 4.69) is 13.8 Å². The van der Waals surface area contributed by atoms with Crippen molar-refractivity contribution in [2.45, 2.75) is 40.2 Å². The third-order valence-electron chi connectivity index (χ3n) is 5.92. The molecular weight excluding hydrogens is 462 g/mol. The molecule has 8 heteroatoms. The van der Waals surface area contributed by atoms with Crippen LogP contribution in [-0.4, -0.2) is 60.3 Å². The van der Waals surface area contributed by atoms with Gasteiger partial charge in [0.25, 0.3) is 11.7 Å². The van der Waals surface area contributed by atoms with Gasteiger partial charge in [-0.15, -0.1) is 0 Å². The highest BCUT2D eigenvalue weighted by atomic mass is 16.5. The van der Waals surface area contributed by atoms with E-state index >= 15 is 0 Å². The molecule has 0 radical (unpaired) electrons. The van der Waals surface area contributed by atoms with Gasteiger partial charge in [0.1, 0.15) is 11.5 Å². The number of hydrogen-bond donors (Lipinski definition) is 2. The molecule has 1 amide bonds. The number of aryl methyl sites for hydroxylation is 1. The molecule has 36 heavy (non-hydrogen) atoms. The number of carbonyl (C=O) groups excluding carboxylic acids is 2. The summed E-state index contributed by atoms with van der Waals surface area (Å²) in [6, 6.07) is 9.07. The smallest absolute Gasteiger partial charge is 0.295 e. The van der Waals surface area contributed by atoms with Gasteiger partial charge in [-0.3, -0.25) is 9.59 Å². The zero-order valence-corrected chi connectivity index (χ0v) is 21.5. The number of likely N-dealkylation sites (tertiary alicyclic amines) is 1. The first-order chi connectivity index (χ1) is 17.2. The fraction of sp³-hybridized carbons (Fsp3) is 0.429. The normalized spacial score (nSPS) is 17.2. The summed E-state index contributed by atoms with van der Waals surface area (Å²) in [5.74, 6) is -0.510. The molecular formula is C28H35NO7. The second kappa shape index (κ2) is 11.9. The van der Waals surface area contributed by atoms with Gasteiger partial charge in [-0.25, -0.2) is 0 Å². The van der Waals surface area contributed by atoms with Crippen LogP contribution >= 0.6 is 0 Å². The Labute approximate surface area is 212 Å². The molecule has 1 aliphatic rings. The van der Waals surface area contributed by atoms with Crippen molar-refractivity contribution >= 4 is 17.4 Å². The first-order valence-electron chi connectivity index (χ1n) is 12.2. The van der Waals surface area contributed by atoms with Gasteiger partial charge < -0.3 is 29.3 Å². The molecule has 0 spiro atoms. The molecule has 1 saturated heterocycles. The lowest BCUT2D eigenvalue weighted by atomic mass is 9.93. The number of methoxy groups -OCH3 is 1. The molecule has 2 aromatic rings. The van der Waals surface area contributed by atoms with Crippen molar-refractivity contribution in [1.29, 1.82) is 0 Å². The minimum Gasteiger partial charge on any atom is -0.507 e. The van der Waals surface area contributed by atoms with E-state index in [1.807, 2.05) is 6.92 Å². The monoisotopic (exact) mass is 497 g/mol. The van der Waals surface area contributed by atoms with Crippen molar-refractivity contribution in [3.05, 3.63) is 58.7 Å². The Kier molecular flexibility index (Phi) is 8.98. The molecule has 0 aromatic heterocycles. The van der Waals surface area contributed by atoms with E-state index in [0.717, 1.165) is 0 Å². The molecule has 3 rings (SSSR count). The first kappa shape index (κ1) is 27.1. The molecule has 8 nitrogen and oxygen atoms in total. The Morgan fingerprint density at radius 3 is 2.50 bits per heavy atom. The predicted molar refractivity (Wildman–Crippen MR) is 136 cm³/mol. The van der Waals surface area contributed by atoms with E-state index < -0.39 is 17.7 Å². The lowest BCUT2D eigenvalue weighted by Crippen LogP contribution is -2.31. The molecule has 2 aromatic carbocycles. The zero-order valence-electron chi connectivity index (χ0n) is 21.5. The number of benzene rings is 2. The standard InChI is InChI=1S/C28H35NO7/c1-6-35-23-15-19(8-11-22(23)30)25-24(27(32)28(33)29(25)12-7-13-34-5)26(31)21-10-9-20(14-18(21)4)36-16-17(2)3/h8-11,14-15,17,25,30-31H,6-7,12-13,16H2,1-5H3/b26-24+/t25-/m0/s1. The van der Waals surface area contributed by atoms with Crippen molar-refractivity contribution in [2.24, 2.45) is 5.92 Å². The van der Waals surface area contributed by atoms with Gasteiger partial charge in [0.05, 0.1) is 24.8 Å². The summed E-state index contributed by atoms with van der Waals surface area (Å²) in [6.45, 7) is 9.26. The van der Waals surface area contributed by atoms with Crippen LogP contribution in [0.25, 0.3) is 5.76 Å². The van der Waals surface area contributed by atoms with Crippen LogP contribution < -0.4 is 9.47 Å². The topological polar surface area (TPSA) is 106 Å². The minimum atomic E-state index is -0.849. The maximum Gasteiger partial charge on any atom is 0.295 e. The number of amides is 1. The fourth-order valence-corrected chi connectivity index (χ4v) is 4.21. The lowest BCUT2D eigenvalue weighted by molar-refractivity contribution is -0.140. The largest absolute Gasteiger partial charge is 0.507 e. The highest BCUT2D eigenvalue weighted by Gasteiger charge is 2.46. The molecule has 1 fully saturated rings. The Morgan fingerprint density at radius 2 is 1.86 bits per heavy atom. The van der Waals surface area contributed by atoms with Crippen LogP contribution in [0, 0.1) is 12.8 Å². The van der Waals surface area contributed by atoms with Gasteiger partial charge in [-0.1, -0.05) is 19.9 Å². The van der Waals surface area contributed by atoms with Gasteiger partial charge in [-0.2, -0.15) is 0 Å². The number of rotatable bonds is 11. The quantitative estimate of drug-likeness (QED) is 0.202. The number of phenolic OH excluding ortho intramolecular Hbond substituents is 1. The molecule has 2 N–H and O–H groups in total. The van der Waals surface area contributed by atoms with Gasteiger partial charge in [0, 0.05) is 25.8 Å². The molecule has 0 unspecified atom stereocenters. The summed E-state index contributed by atoms with van der Waals surface area (Å²) in [4.78, 5) is 27.8. The van der Waals surface area contributed by atoms with Crippen molar-refractivity contribution in [3.63, 3.8) is 0 Å². The summed E-state index contributed by atoms with van der Waals surface area (Å²) < 4.78 is 16.4. The van der Waals surface area contributed by atoms with Crippen molar-refractivity contribution < 1.29 is 34.0 Å². The van der Waals surface area contributed by atoms with Crippen LogP contribution in [0.15, 0.2) is 42.0 Å². The Hall–Kier alpha value is -3.52. The van der Waals surface area contributed by atoms with Crippen LogP contribution in [0.2, 0.25) is 0 Å². The van der Waals surface area contributed by atoms with Crippen LogP contribution in [0.1, 0.15) is 49.9 Å². The number of Topliss-reactive ketones (excluding diaryl/α,β-unsaturated/α-hetero) is 1. The molecule has 0 saturated carbocycles. The van der Waals surface area contributed by atoms with E-state index in [0.29, 0.717) is 54.6 Å². The fourth-order valence-electron chi connectivity index (χ4n) is 4.21. The number of phenols is 1. The lowest BCUT2D eigenvalue weighted by Gasteiger charge is -2.26. The summed E-state index contributed by atoms with van der Waals surface area (Å²) in [7, 11) is 1.57. The van der Waals surface area contributed by atoms with E-state index in [9.17, 15) is 19.8 Å². The third-order valence-corrected chi connectivity index (χ3v) is 5.92. The molecule has 1 heterocycles. The maximum absolute atomic E-state index is 13.2. The maximum atomic E-state index is 13.2. The number of carbonyl (C=O) groups is 2. The molecule has 1 aliphatic heterocycles. The van der Waals surface area contributed by atoms with E-state index in [1.165, 1.54) is 11.0 Å². The Balaban J connectivity index is 2.11. The summed E-state index contributed by atoms with van der Waals surface area (Å²) in [5.41, 5.74) is 1.68. The van der Waals surface area contributed by atoms with Crippen LogP contribution in [0.3, 0.4) is 0 Å². The second-order valence-electron chi connectivity index (χ2n) is 9.18. The first-order valence-corrected chi connectivity index (χ1v) is 12.2. The molecule has 1 atom stereocenters. The summed E-state index contributed by atoms with van der Waals surface area (Å²) in [6.07, 6.45) is 0.511. The highest BCUT2D eigenvalue weighted by Crippen LogP contribution is 2.42. The summed E-state index contributed by atoms with van der Waals surface area (Å²) in [5, 5.41) is 21.6. The molecule has 0 bridgehead atoms. The zero-order chi connectivity index (χ0) is 26.4. The minimum absolute atomic E-state index is 0.00972. The van der Waals surface area contributed by atoms with Crippen LogP contribution in [0.5, 0.6) is 17.2 Å². The van der Waals surface area contributed by atoms with Crippen molar-refractivity contribution in [2.75, 3.05) is 33.5 Å². The number of aliphatic hydroxyl groups is 1. The van der Waals surface area contributed by atoms with E-state index in [-0.39, 0.29) is 29.4 Å². The number of ether oxygens (including phenoxy) is 3. The number of aliphatic hydroxyl groups excluding tert-OH is 1. The number of ketones is 1. The van der Waals surface area contributed by atoms with Crippen molar-refractivity contribution in [3.8, 4) is 17.2 Å². The average Bonchev–Trinajstić information content (AvgIpc) is 3.09. The SMILES string of the molecule is CCOc1cc([C@H]2/C(=C(\O)c3ccc(OCC(C)C)cc3C)C(=O)C(=O)N2CCCOC)ccc1O. The van der Waals surface area contributed by atoms with E-state index in [4.69, 9.17) is 14.2 Å². The molecule has 194 valence electrons. The van der Waals surface area contributed by atoms with Crippen molar-refractivity contribution in [1.82, 2.24) is 4.90 Å². The summed E-state index contributed by atoms with van der Waals surface area (Å²) >= 11 is 0. The Morgan fingerprint density at radius 1 is 1.11 bits per heavy atom. The van der Waals surface area contributed by atoms with Gasteiger partial charge in [0.15, 0.2) is 11.5 Å². The van der Waals surface area contributed by atoms with E-state index in [1.54, 1.807) is 44.4 Å².